The Bertz CT molecular complexity index is 1070. The topological polar surface area (TPSA) is 57.7 Å². The molecule has 0 aromatic heterocycles. The Morgan fingerprint density at radius 1 is 0.630 bits per heavy atom. The molecule has 0 atom stereocenters. The maximum Gasteiger partial charge on any atom is 0.329 e. The summed E-state index contributed by atoms with van der Waals surface area (Å²) in [5, 5.41) is 0. The summed E-state index contributed by atoms with van der Waals surface area (Å²) in [6.07, 6.45) is 0. The van der Waals surface area contributed by atoms with Crippen molar-refractivity contribution in [1.82, 2.24) is 4.31 Å². The maximum atomic E-state index is 13.3. The van der Waals surface area contributed by atoms with Gasteiger partial charge in [-0.3, -0.25) is 4.79 Å². The minimum atomic E-state index is -4.01. The molecule has 0 radical (unpaired) electrons. The van der Waals surface area contributed by atoms with E-state index in [9.17, 15) is 13.2 Å². The lowest BCUT2D eigenvalue weighted by Crippen LogP contribution is -2.50. The Hall–Kier alpha value is -3.12. The molecule has 0 unspecified atom stereocenters. The van der Waals surface area contributed by atoms with Gasteiger partial charge in [0.2, 0.25) is 0 Å². The summed E-state index contributed by atoms with van der Waals surface area (Å²) in [5.41, 5.74) is 2.41. The second kappa shape index (κ2) is 6.89. The van der Waals surface area contributed by atoms with Gasteiger partial charge in [0.15, 0.2) is 0 Å². The largest absolute Gasteiger partial charge is 0.329 e. The molecule has 0 saturated carbocycles. The third kappa shape index (κ3) is 3.19. The summed E-state index contributed by atoms with van der Waals surface area (Å²) in [5.74, 6) is -0.501. The number of carbonyl (C=O) groups excluding carboxylic acids is 1. The van der Waals surface area contributed by atoms with Crippen molar-refractivity contribution in [3.05, 3.63) is 102 Å². The smallest absolute Gasteiger partial charge is 0.268 e. The SMILES string of the molecule is O=C1c2ccccc2N(Cc2ccccc2)S(=O)(=O)N1Cc1ccccc1. The summed E-state index contributed by atoms with van der Waals surface area (Å²) in [4.78, 5) is 13.0. The van der Waals surface area contributed by atoms with Gasteiger partial charge in [0.1, 0.15) is 0 Å². The highest BCUT2D eigenvalue weighted by atomic mass is 32.2. The van der Waals surface area contributed by atoms with E-state index in [-0.39, 0.29) is 13.1 Å². The lowest BCUT2D eigenvalue weighted by atomic mass is 10.1. The molecule has 0 aliphatic carbocycles. The number of para-hydroxylation sites is 1. The van der Waals surface area contributed by atoms with Crippen molar-refractivity contribution < 1.29 is 13.2 Å². The van der Waals surface area contributed by atoms with Gasteiger partial charge in [-0.15, -0.1) is 0 Å². The summed E-state index contributed by atoms with van der Waals surface area (Å²) in [6, 6.07) is 25.3. The molecule has 3 aromatic carbocycles. The van der Waals surface area contributed by atoms with E-state index in [2.05, 4.69) is 0 Å². The molecule has 136 valence electrons. The van der Waals surface area contributed by atoms with Crippen LogP contribution in [0.15, 0.2) is 84.9 Å². The van der Waals surface area contributed by atoms with Crippen molar-refractivity contribution in [1.29, 1.82) is 0 Å². The van der Waals surface area contributed by atoms with Crippen molar-refractivity contribution in [2.45, 2.75) is 13.1 Å². The molecule has 5 nitrogen and oxygen atoms in total. The average Bonchev–Trinajstić information content (AvgIpc) is 2.70. The number of amides is 1. The Morgan fingerprint density at radius 2 is 1.11 bits per heavy atom. The fraction of sp³-hybridized carbons (Fsp3) is 0.0952. The highest BCUT2D eigenvalue weighted by Gasteiger charge is 2.41. The Morgan fingerprint density at radius 3 is 1.70 bits per heavy atom. The predicted octanol–water partition coefficient (Wildman–Crippen LogP) is 3.59. The first-order valence-electron chi connectivity index (χ1n) is 8.59. The fourth-order valence-corrected chi connectivity index (χ4v) is 4.75. The molecule has 1 amide bonds. The van der Waals surface area contributed by atoms with Crippen molar-refractivity contribution in [3.63, 3.8) is 0 Å². The lowest BCUT2D eigenvalue weighted by Gasteiger charge is -2.37. The summed E-state index contributed by atoms with van der Waals surface area (Å²) < 4.78 is 28.9. The third-order valence-electron chi connectivity index (χ3n) is 4.52. The predicted molar refractivity (Wildman–Crippen MR) is 104 cm³/mol. The minimum absolute atomic E-state index is 0.00162. The molecule has 0 spiro atoms. The van der Waals surface area contributed by atoms with Gasteiger partial charge in [0.05, 0.1) is 24.3 Å². The standard InChI is InChI=1S/C21H18N2O3S/c24-21-19-13-7-8-14-20(19)22(15-17-9-3-1-4-10-17)27(25,26)23(21)16-18-11-5-2-6-12-18/h1-14H,15-16H2. The van der Waals surface area contributed by atoms with Gasteiger partial charge in [-0.1, -0.05) is 72.8 Å². The lowest BCUT2D eigenvalue weighted by molar-refractivity contribution is 0.0851. The molecule has 0 bridgehead atoms. The first-order chi connectivity index (χ1) is 13.1. The van der Waals surface area contributed by atoms with Crippen molar-refractivity contribution in [2.75, 3.05) is 4.31 Å². The normalized spacial score (nSPS) is 15.5. The zero-order chi connectivity index (χ0) is 18.9. The van der Waals surface area contributed by atoms with Crippen LogP contribution < -0.4 is 4.31 Å². The Kier molecular flexibility index (Phi) is 4.41. The van der Waals surface area contributed by atoms with Gasteiger partial charge in [-0.25, -0.2) is 8.61 Å². The number of nitrogens with zero attached hydrogens (tertiary/aromatic N) is 2. The number of fused-ring (bicyclic) bond motifs is 1. The van der Waals surface area contributed by atoms with E-state index in [1.807, 2.05) is 60.7 Å². The molecule has 0 saturated heterocycles. The molecule has 3 aromatic rings. The van der Waals surface area contributed by atoms with Crippen LogP contribution >= 0.6 is 0 Å². The van der Waals surface area contributed by atoms with E-state index in [1.165, 1.54) is 4.31 Å². The monoisotopic (exact) mass is 378 g/mol. The molecule has 4 rings (SSSR count). The number of hydrogen-bond acceptors (Lipinski definition) is 3. The molecular weight excluding hydrogens is 360 g/mol. The molecule has 1 aliphatic heterocycles. The van der Waals surface area contributed by atoms with Gasteiger partial charge in [0, 0.05) is 0 Å². The molecule has 0 fully saturated rings. The zero-order valence-electron chi connectivity index (χ0n) is 14.5. The van der Waals surface area contributed by atoms with E-state index < -0.39 is 16.1 Å². The summed E-state index contributed by atoms with van der Waals surface area (Å²) >= 11 is 0. The fourth-order valence-electron chi connectivity index (χ4n) is 3.17. The van der Waals surface area contributed by atoms with E-state index in [0.717, 1.165) is 15.4 Å². The van der Waals surface area contributed by atoms with Crippen LogP contribution in [-0.4, -0.2) is 18.6 Å². The molecule has 1 aliphatic rings. The van der Waals surface area contributed by atoms with Crippen LogP contribution in [0, 0.1) is 0 Å². The number of benzene rings is 3. The van der Waals surface area contributed by atoms with Gasteiger partial charge >= 0.3 is 10.2 Å². The van der Waals surface area contributed by atoms with Crippen LogP contribution in [-0.2, 0) is 23.3 Å². The van der Waals surface area contributed by atoms with E-state index in [0.29, 0.717) is 11.3 Å². The molecular formula is C21H18N2O3S. The van der Waals surface area contributed by atoms with Crippen LogP contribution in [0.1, 0.15) is 21.5 Å². The number of hydrogen-bond donors (Lipinski definition) is 0. The van der Waals surface area contributed by atoms with E-state index >= 15 is 0 Å². The first kappa shape index (κ1) is 17.3. The van der Waals surface area contributed by atoms with Crippen LogP contribution in [0.5, 0.6) is 0 Å². The van der Waals surface area contributed by atoms with E-state index in [4.69, 9.17) is 0 Å². The Balaban J connectivity index is 1.79. The second-order valence-electron chi connectivity index (χ2n) is 6.31. The molecule has 0 N–H and O–H groups in total. The van der Waals surface area contributed by atoms with Crippen molar-refractivity contribution in [2.24, 2.45) is 0 Å². The summed E-state index contributed by atoms with van der Waals surface area (Å²) in [6.45, 7) is 0.167. The highest BCUT2D eigenvalue weighted by Crippen LogP contribution is 2.34. The van der Waals surface area contributed by atoms with E-state index in [1.54, 1.807) is 24.3 Å². The van der Waals surface area contributed by atoms with Gasteiger partial charge in [0.25, 0.3) is 5.91 Å². The molecule has 27 heavy (non-hydrogen) atoms. The third-order valence-corrected chi connectivity index (χ3v) is 6.26. The van der Waals surface area contributed by atoms with Crippen LogP contribution in [0.25, 0.3) is 0 Å². The van der Waals surface area contributed by atoms with Gasteiger partial charge < -0.3 is 0 Å². The van der Waals surface area contributed by atoms with Crippen molar-refractivity contribution >= 4 is 21.8 Å². The minimum Gasteiger partial charge on any atom is -0.268 e. The highest BCUT2D eigenvalue weighted by molar-refractivity contribution is 7.91. The first-order valence-corrected chi connectivity index (χ1v) is 9.99. The van der Waals surface area contributed by atoms with Crippen LogP contribution in [0.4, 0.5) is 5.69 Å². The zero-order valence-corrected chi connectivity index (χ0v) is 15.3. The summed E-state index contributed by atoms with van der Waals surface area (Å²) in [7, 11) is -4.01. The number of carbonyl (C=O) groups is 1. The van der Waals surface area contributed by atoms with Gasteiger partial charge in [-0.2, -0.15) is 8.42 Å². The van der Waals surface area contributed by atoms with Gasteiger partial charge in [-0.05, 0) is 23.3 Å². The molecule has 6 heteroatoms. The van der Waals surface area contributed by atoms with Crippen LogP contribution in [0.3, 0.4) is 0 Å². The number of rotatable bonds is 4. The van der Waals surface area contributed by atoms with Crippen LogP contribution in [0.2, 0.25) is 0 Å². The second-order valence-corrected chi connectivity index (χ2v) is 8.09. The quantitative estimate of drug-likeness (QED) is 0.697. The number of anilines is 1. The average molecular weight is 378 g/mol. The van der Waals surface area contributed by atoms with Crippen molar-refractivity contribution in [3.8, 4) is 0 Å². The maximum absolute atomic E-state index is 13.3. The Labute approximate surface area is 158 Å². The molecule has 1 heterocycles.